The number of anilines is 2. The first-order valence-electron chi connectivity index (χ1n) is 7.02. The second kappa shape index (κ2) is 6.84. The Kier molecular flexibility index (Phi) is 4.88. The molecule has 0 spiro atoms. The number of nitrogens with two attached hydrogens (primary N) is 1. The largest absolute Gasteiger partial charge is 0.462 e. The van der Waals surface area contributed by atoms with Crippen molar-refractivity contribution in [2.75, 3.05) is 17.7 Å². The lowest BCUT2D eigenvalue weighted by Crippen LogP contribution is -2.16. The highest BCUT2D eigenvalue weighted by atomic mass is 16.5. The molecule has 3 N–H and O–H groups in total. The number of esters is 1. The van der Waals surface area contributed by atoms with Crippen molar-refractivity contribution in [3.8, 4) is 0 Å². The van der Waals surface area contributed by atoms with Crippen molar-refractivity contribution in [2.45, 2.75) is 26.8 Å². The zero-order valence-corrected chi connectivity index (χ0v) is 12.8. The van der Waals surface area contributed by atoms with Gasteiger partial charge in [-0.3, -0.25) is 0 Å². The van der Waals surface area contributed by atoms with Gasteiger partial charge in [0.25, 0.3) is 0 Å². The summed E-state index contributed by atoms with van der Waals surface area (Å²) in [6.45, 7) is 5.75. The predicted molar refractivity (Wildman–Crippen MR) is 83.4 cm³/mol. The van der Waals surface area contributed by atoms with E-state index in [2.05, 4.69) is 20.3 Å². The van der Waals surface area contributed by atoms with Gasteiger partial charge >= 0.3 is 5.97 Å². The van der Waals surface area contributed by atoms with Crippen LogP contribution < -0.4 is 11.1 Å². The summed E-state index contributed by atoms with van der Waals surface area (Å²) in [5.74, 6) is 0.705. The Morgan fingerprint density at radius 3 is 2.73 bits per heavy atom. The molecule has 7 heteroatoms. The number of hydrogen-bond donors (Lipinski definition) is 2. The van der Waals surface area contributed by atoms with E-state index in [0.717, 1.165) is 5.56 Å². The second-order valence-corrected chi connectivity index (χ2v) is 4.74. The lowest BCUT2D eigenvalue weighted by Gasteiger charge is -2.17. The van der Waals surface area contributed by atoms with Crippen LogP contribution >= 0.6 is 0 Å². The van der Waals surface area contributed by atoms with Gasteiger partial charge in [-0.05, 0) is 32.4 Å². The number of rotatable bonds is 5. The molecule has 1 aromatic heterocycles. The Hall–Kier alpha value is -2.70. The van der Waals surface area contributed by atoms with E-state index < -0.39 is 0 Å². The van der Waals surface area contributed by atoms with Crippen molar-refractivity contribution < 1.29 is 9.53 Å². The summed E-state index contributed by atoms with van der Waals surface area (Å²) < 4.78 is 5.08. The maximum atomic E-state index is 12.0. The van der Waals surface area contributed by atoms with Gasteiger partial charge in [-0.25, -0.2) is 4.79 Å². The molecule has 7 nitrogen and oxygen atoms in total. The van der Waals surface area contributed by atoms with Crippen LogP contribution in [0.1, 0.15) is 41.6 Å². The Labute approximate surface area is 129 Å². The molecule has 2 rings (SSSR count). The summed E-state index contributed by atoms with van der Waals surface area (Å²) in [4.78, 5) is 24.2. The number of aryl methyl sites for hydroxylation is 1. The van der Waals surface area contributed by atoms with Gasteiger partial charge in [0, 0.05) is 0 Å². The molecule has 2 aromatic rings. The molecule has 0 saturated heterocycles. The van der Waals surface area contributed by atoms with Crippen LogP contribution in [0, 0.1) is 6.92 Å². The van der Waals surface area contributed by atoms with Crippen molar-refractivity contribution in [3.63, 3.8) is 0 Å². The van der Waals surface area contributed by atoms with Crippen LogP contribution in [-0.4, -0.2) is 27.5 Å². The van der Waals surface area contributed by atoms with E-state index in [-0.39, 0.29) is 18.0 Å². The first-order valence-corrected chi connectivity index (χ1v) is 7.02. The molecule has 0 amide bonds. The van der Waals surface area contributed by atoms with E-state index in [1.165, 1.54) is 0 Å². The maximum absolute atomic E-state index is 12.0. The molecule has 1 aromatic carbocycles. The van der Waals surface area contributed by atoms with E-state index >= 15 is 0 Å². The molecule has 0 bridgehead atoms. The smallest absolute Gasteiger partial charge is 0.338 e. The number of aromatic nitrogens is 3. The molecule has 0 aliphatic rings. The number of ether oxygens (including phenoxy) is 1. The highest BCUT2D eigenvalue weighted by Gasteiger charge is 2.17. The number of benzene rings is 1. The molecule has 1 heterocycles. The van der Waals surface area contributed by atoms with Gasteiger partial charge in [0.2, 0.25) is 11.9 Å². The van der Waals surface area contributed by atoms with Crippen LogP contribution in [0.3, 0.4) is 0 Å². The van der Waals surface area contributed by atoms with Gasteiger partial charge in [-0.2, -0.15) is 15.0 Å². The van der Waals surface area contributed by atoms with Gasteiger partial charge < -0.3 is 15.8 Å². The summed E-state index contributed by atoms with van der Waals surface area (Å²) in [6.07, 6.45) is 0. The molecule has 0 aliphatic carbocycles. The Bertz CT molecular complexity index is 654. The summed E-state index contributed by atoms with van der Waals surface area (Å²) >= 11 is 0. The van der Waals surface area contributed by atoms with Crippen molar-refractivity contribution in [3.05, 3.63) is 41.2 Å². The maximum Gasteiger partial charge on any atom is 0.338 e. The lowest BCUT2D eigenvalue weighted by molar-refractivity contribution is 0.0524. The molecule has 0 saturated carbocycles. The first-order chi connectivity index (χ1) is 10.5. The fourth-order valence-electron chi connectivity index (χ4n) is 2.11. The Balaban J connectivity index is 2.26. The summed E-state index contributed by atoms with van der Waals surface area (Å²) in [7, 11) is 0. The van der Waals surface area contributed by atoms with Crippen molar-refractivity contribution >= 4 is 17.9 Å². The third kappa shape index (κ3) is 3.69. The van der Waals surface area contributed by atoms with Crippen molar-refractivity contribution in [2.24, 2.45) is 0 Å². The topological polar surface area (TPSA) is 103 Å². The monoisotopic (exact) mass is 301 g/mol. The minimum absolute atomic E-state index is 0.154. The molecule has 116 valence electrons. The van der Waals surface area contributed by atoms with Crippen LogP contribution in [0.4, 0.5) is 11.9 Å². The summed E-state index contributed by atoms with van der Waals surface area (Å²) in [6, 6.07) is 7.07. The third-order valence-corrected chi connectivity index (χ3v) is 3.03. The zero-order chi connectivity index (χ0) is 16.1. The van der Waals surface area contributed by atoms with Crippen molar-refractivity contribution in [1.82, 2.24) is 15.0 Å². The average molecular weight is 301 g/mol. The van der Waals surface area contributed by atoms with Crippen molar-refractivity contribution in [1.29, 1.82) is 0 Å². The Morgan fingerprint density at radius 2 is 2.05 bits per heavy atom. The quantitative estimate of drug-likeness (QED) is 0.815. The minimum atomic E-state index is -0.349. The average Bonchev–Trinajstić information content (AvgIpc) is 2.46. The molecule has 1 unspecified atom stereocenters. The molecular weight excluding hydrogens is 282 g/mol. The molecule has 0 fully saturated rings. The third-order valence-electron chi connectivity index (χ3n) is 3.03. The molecule has 0 aliphatic heterocycles. The number of nitrogens with zero attached hydrogens (tertiary/aromatic N) is 3. The number of nitrogen functional groups attached to an aromatic ring is 1. The zero-order valence-electron chi connectivity index (χ0n) is 12.8. The highest BCUT2D eigenvalue weighted by molar-refractivity contribution is 5.91. The van der Waals surface area contributed by atoms with Gasteiger partial charge in [-0.15, -0.1) is 0 Å². The second-order valence-electron chi connectivity index (χ2n) is 4.74. The highest BCUT2D eigenvalue weighted by Crippen LogP contribution is 2.22. The van der Waals surface area contributed by atoms with Crippen LogP contribution in [0.25, 0.3) is 0 Å². The molecule has 0 radical (unpaired) electrons. The normalized spacial score (nSPS) is 11.8. The molecule has 22 heavy (non-hydrogen) atoms. The standard InChI is InChI=1S/C15H19N5O2/c1-4-22-13(21)12-8-6-5-7-11(12)9(2)17-15-19-10(3)18-14(16)20-15/h5-9H,4H2,1-3H3,(H3,16,17,18,19,20). The number of nitrogens with one attached hydrogen (secondary N) is 1. The van der Waals surface area contributed by atoms with Crippen LogP contribution in [0.2, 0.25) is 0 Å². The van der Waals surface area contributed by atoms with E-state index in [9.17, 15) is 4.79 Å². The SMILES string of the molecule is CCOC(=O)c1ccccc1C(C)Nc1nc(C)nc(N)n1. The fourth-order valence-corrected chi connectivity index (χ4v) is 2.11. The molecule has 1 atom stereocenters. The van der Waals surface area contributed by atoms with Gasteiger partial charge in [0.05, 0.1) is 18.2 Å². The van der Waals surface area contributed by atoms with Crippen LogP contribution in [-0.2, 0) is 4.74 Å². The van der Waals surface area contributed by atoms with E-state index in [0.29, 0.717) is 23.9 Å². The minimum Gasteiger partial charge on any atom is -0.462 e. The predicted octanol–water partition coefficient (Wildman–Crippen LogP) is 2.11. The number of carbonyl (C=O) groups excluding carboxylic acids is 1. The van der Waals surface area contributed by atoms with Gasteiger partial charge in [-0.1, -0.05) is 18.2 Å². The summed E-state index contributed by atoms with van der Waals surface area (Å²) in [5.41, 5.74) is 6.94. The fraction of sp³-hybridized carbons (Fsp3) is 0.333. The van der Waals surface area contributed by atoms with Crippen LogP contribution in [0.15, 0.2) is 24.3 Å². The van der Waals surface area contributed by atoms with Crippen LogP contribution in [0.5, 0.6) is 0 Å². The van der Waals surface area contributed by atoms with Gasteiger partial charge in [0.1, 0.15) is 5.82 Å². The van der Waals surface area contributed by atoms with Gasteiger partial charge in [0.15, 0.2) is 0 Å². The summed E-state index contributed by atoms with van der Waals surface area (Å²) in [5, 5.41) is 3.13. The van der Waals surface area contributed by atoms with E-state index in [1.54, 1.807) is 26.0 Å². The molecular formula is C15H19N5O2. The van der Waals surface area contributed by atoms with E-state index in [1.807, 2.05) is 19.1 Å². The first kappa shape index (κ1) is 15.7. The number of carbonyl (C=O) groups is 1. The number of hydrogen-bond acceptors (Lipinski definition) is 7. The Morgan fingerprint density at radius 1 is 1.32 bits per heavy atom. The van der Waals surface area contributed by atoms with E-state index in [4.69, 9.17) is 10.5 Å². The lowest BCUT2D eigenvalue weighted by atomic mass is 10.0.